The zero-order valence-electron chi connectivity index (χ0n) is 31.1. The van der Waals surface area contributed by atoms with E-state index in [1.165, 1.54) is 72.9 Å². The Kier molecular flexibility index (Phi) is 15.9. The first kappa shape index (κ1) is 44.7. The van der Waals surface area contributed by atoms with Crippen LogP contribution in [0.1, 0.15) is 34.6 Å². The largest absolute Gasteiger partial charge is 0.480 e. The van der Waals surface area contributed by atoms with Crippen LogP contribution < -0.4 is 32.8 Å². The van der Waals surface area contributed by atoms with Gasteiger partial charge in [0.2, 0.25) is 11.4 Å². The standard InChI is InChI=1S/C20H17FN4O3S.C13H12N2O3S.C7H7FN2O/c1-11(26)17(20(28)25-24-19(27)12-3-5-13(21)6-4-12)23-15-7-8-16(22-2)18-14(15)9-10-29-18;1-7(16)11(13(17)18)15-9-3-4-10(14-2)12-8(9)5-6-19-12;8-6-3-1-5(2-4-6)7(11)10-9/h3-11,17,23,26H,1H3,(H,24,27)(H,25,28);3-7,11,15-16H,1H3,(H,17,18);1-4H,9H2,(H,10,11)/t11-,17-;7-,11?;/m11./s1. The lowest BCUT2D eigenvalue weighted by molar-refractivity contribution is -0.140. The first-order valence-corrected chi connectivity index (χ1v) is 18.9. The summed E-state index contributed by atoms with van der Waals surface area (Å²) in [5.41, 5.74) is 9.19. The van der Waals surface area contributed by atoms with E-state index in [0.717, 1.165) is 32.3 Å². The summed E-state index contributed by atoms with van der Waals surface area (Å²) < 4.78 is 26.8. The highest BCUT2D eigenvalue weighted by molar-refractivity contribution is 7.18. The molecule has 2 heterocycles. The van der Waals surface area contributed by atoms with E-state index in [1.54, 1.807) is 24.3 Å². The first-order chi connectivity index (χ1) is 28.2. The number of aliphatic hydroxyl groups is 2. The van der Waals surface area contributed by atoms with Crippen molar-refractivity contribution in [2.75, 3.05) is 10.6 Å². The number of rotatable bonds is 10. The number of benzene rings is 4. The Morgan fingerprint density at radius 3 is 1.46 bits per heavy atom. The molecule has 4 aromatic carbocycles. The van der Waals surface area contributed by atoms with Gasteiger partial charge in [0.15, 0.2) is 6.04 Å². The molecule has 0 aliphatic carbocycles. The molecule has 0 aliphatic rings. The number of thiophene rings is 2. The predicted molar refractivity (Wildman–Crippen MR) is 222 cm³/mol. The molecular weight excluding hydrogens is 807 g/mol. The van der Waals surface area contributed by atoms with Crippen molar-refractivity contribution in [2.24, 2.45) is 5.84 Å². The van der Waals surface area contributed by atoms with Crippen LogP contribution in [0.15, 0.2) is 95.7 Å². The Morgan fingerprint density at radius 1 is 0.644 bits per heavy atom. The van der Waals surface area contributed by atoms with Gasteiger partial charge in [0.05, 0.1) is 25.4 Å². The van der Waals surface area contributed by atoms with Gasteiger partial charge in [-0.05, 0) is 97.4 Å². The van der Waals surface area contributed by atoms with E-state index in [1.807, 2.05) is 28.3 Å². The number of nitrogens with two attached hydrogens (primary N) is 1. The van der Waals surface area contributed by atoms with Crippen LogP contribution in [0.2, 0.25) is 0 Å². The van der Waals surface area contributed by atoms with Gasteiger partial charge in [0.25, 0.3) is 17.7 Å². The molecule has 0 spiro atoms. The summed E-state index contributed by atoms with van der Waals surface area (Å²) in [6.07, 6.45) is -2.10. The molecule has 4 atom stereocenters. The lowest BCUT2D eigenvalue weighted by Crippen LogP contribution is -2.52. The number of hydrogen-bond acceptors (Lipinski definition) is 11. The SMILES string of the molecule is NNC(=O)c1ccc(F)cc1.[C-]#[N+]c1ccc(NC(C(=O)O)[C@@H](C)O)c2ccsc12.[C-]#[N+]c1ccc(N[C@@H](C(=O)NNC(=O)c2ccc(F)cc2)[C@@H](C)O)c2ccsc12. The fourth-order valence-electron chi connectivity index (χ4n) is 5.21. The molecule has 19 heteroatoms. The number of halogens is 2. The van der Waals surface area contributed by atoms with E-state index in [4.69, 9.17) is 24.1 Å². The third-order valence-corrected chi connectivity index (χ3v) is 10.1. The molecule has 0 bridgehead atoms. The molecule has 304 valence electrons. The van der Waals surface area contributed by atoms with Gasteiger partial charge in [0.1, 0.15) is 17.7 Å². The average molecular weight is 843 g/mol. The van der Waals surface area contributed by atoms with E-state index in [2.05, 4.69) is 31.2 Å². The van der Waals surface area contributed by atoms with Gasteiger partial charge >= 0.3 is 5.97 Å². The maximum absolute atomic E-state index is 12.9. The van der Waals surface area contributed by atoms with Crippen molar-refractivity contribution in [1.29, 1.82) is 0 Å². The summed E-state index contributed by atoms with van der Waals surface area (Å²) in [6.45, 7) is 17.2. The second-order valence-corrected chi connectivity index (χ2v) is 14.1. The van der Waals surface area contributed by atoms with Crippen molar-refractivity contribution in [3.05, 3.63) is 141 Å². The zero-order chi connectivity index (χ0) is 43.2. The molecule has 15 nitrogen and oxygen atoms in total. The van der Waals surface area contributed by atoms with Gasteiger partial charge < -0.3 is 26.0 Å². The number of aliphatic hydroxyl groups excluding tert-OH is 2. The van der Waals surface area contributed by atoms with Crippen molar-refractivity contribution >= 4 is 89.3 Å². The lowest BCUT2D eigenvalue weighted by Gasteiger charge is -2.22. The third-order valence-electron chi connectivity index (χ3n) is 8.21. The highest BCUT2D eigenvalue weighted by Gasteiger charge is 2.26. The minimum absolute atomic E-state index is 0.169. The molecule has 6 aromatic rings. The van der Waals surface area contributed by atoms with Crippen molar-refractivity contribution in [2.45, 2.75) is 38.1 Å². The van der Waals surface area contributed by atoms with Crippen molar-refractivity contribution < 1.29 is 43.3 Å². The van der Waals surface area contributed by atoms with Gasteiger partial charge in [-0.25, -0.2) is 29.1 Å². The van der Waals surface area contributed by atoms with Crippen LogP contribution in [-0.4, -0.2) is 63.3 Å². The predicted octanol–water partition coefficient (Wildman–Crippen LogP) is 6.34. The number of carbonyl (C=O) groups excluding carboxylic acids is 3. The van der Waals surface area contributed by atoms with E-state index in [9.17, 15) is 38.2 Å². The number of aliphatic carboxylic acids is 1. The van der Waals surface area contributed by atoms with Gasteiger partial charge in [-0.15, -0.1) is 0 Å². The summed E-state index contributed by atoms with van der Waals surface area (Å²) >= 11 is 2.84. The maximum atomic E-state index is 12.9. The zero-order valence-corrected chi connectivity index (χ0v) is 32.7. The normalized spacial score (nSPS) is 12.4. The number of anilines is 2. The van der Waals surface area contributed by atoms with E-state index in [0.29, 0.717) is 28.3 Å². The Labute approximate surface area is 343 Å². The Hall–Kier alpha value is -7.00. The second kappa shape index (κ2) is 21.0. The van der Waals surface area contributed by atoms with Crippen LogP contribution >= 0.6 is 22.7 Å². The van der Waals surface area contributed by atoms with Gasteiger partial charge in [-0.1, -0.05) is 12.1 Å². The van der Waals surface area contributed by atoms with Crippen LogP contribution in [0.3, 0.4) is 0 Å². The van der Waals surface area contributed by atoms with Crippen molar-refractivity contribution in [1.82, 2.24) is 16.3 Å². The van der Waals surface area contributed by atoms with E-state index >= 15 is 0 Å². The molecule has 0 aliphatic heterocycles. The first-order valence-electron chi connectivity index (χ1n) is 17.2. The minimum Gasteiger partial charge on any atom is -0.480 e. The van der Waals surface area contributed by atoms with Crippen LogP contribution in [0, 0.1) is 24.8 Å². The van der Waals surface area contributed by atoms with E-state index < -0.39 is 53.8 Å². The summed E-state index contributed by atoms with van der Waals surface area (Å²) in [5, 5.41) is 39.6. The molecular formula is C40H36F2N8O7S2. The molecule has 0 saturated carbocycles. The van der Waals surface area contributed by atoms with Gasteiger partial charge in [-0.2, -0.15) is 22.7 Å². The van der Waals surface area contributed by atoms with Crippen LogP contribution in [0.5, 0.6) is 0 Å². The van der Waals surface area contributed by atoms with Gasteiger partial charge in [0, 0.05) is 42.7 Å². The van der Waals surface area contributed by atoms with Crippen LogP contribution in [0.4, 0.5) is 31.5 Å². The highest BCUT2D eigenvalue weighted by atomic mass is 32.1. The van der Waals surface area contributed by atoms with E-state index in [-0.39, 0.29) is 11.4 Å². The monoisotopic (exact) mass is 842 g/mol. The molecule has 6 rings (SSSR count). The Balaban J connectivity index is 0.000000219. The topological polar surface area (TPSA) is 224 Å². The number of hydrogen-bond donors (Lipinski definition) is 9. The number of nitrogen functional groups attached to an aromatic ring is 1. The molecule has 0 radical (unpaired) electrons. The maximum Gasteiger partial charge on any atom is 0.328 e. The highest BCUT2D eigenvalue weighted by Crippen LogP contribution is 2.37. The Morgan fingerprint density at radius 2 is 1.07 bits per heavy atom. The third kappa shape index (κ3) is 11.8. The molecule has 10 N–H and O–H groups in total. The fraction of sp³-hybridized carbons (Fsp3) is 0.150. The molecule has 3 amide bonds. The number of nitrogens with zero attached hydrogens (tertiary/aromatic N) is 2. The lowest BCUT2D eigenvalue weighted by atomic mass is 10.1. The summed E-state index contributed by atoms with van der Waals surface area (Å²) in [6, 6.07) is 18.1. The number of hydrazine groups is 2. The minimum atomic E-state index is -1.12. The smallest absolute Gasteiger partial charge is 0.328 e. The number of amides is 3. The quantitative estimate of drug-likeness (QED) is 0.0322. The molecule has 0 fully saturated rings. The second-order valence-electron chi connectivity index (χ2n) is 12.3. The average Bonchev–Trinajstić information content (AvgIpc) is 3.93. The molecule has 59 heavy (non-hydrogen) atoms. The molecule has 2 aromatic heterocycles. The number of fused-ring (bicyclic) bond motifs is 2. The summed E-state index contributed by atoms with van der Waals surface area (Å²) in [5.74, 6) is 1.17. The number of carboxylic acids is 1. The number of nitrogens with one attached hydrogen (secondary N) is 5. The summed E-state index contributed by atoms with van der Waals surface area (Å²) in [4.78, 5) is 53.3. The Bertz CT molecular complexity index is 2510. The fourth-order valence-corrected chi connectivity index (χ4v) is 6.97. The number of carbonyl (C=O) groups is 4. The van der Waals surface area contributed by atoms with Crippen LogP contribution in [0.25, 0.3) is 29.9 Å². The summed E-state index contributed by atoms with van der Waals surface area (Å²) in [7, 11) is 0. The number of carboxylic acid groups (broad SMARTS) is 1. The molecule has 1 unspecified atom stereocenters. The van der Waals surface area contributed by atoms with Crippen LogP contribution in [-0.2, 0) is 9.59 Å². The molecule has 0 saturated heterocycles. The van der Waals surface area contributed by atoms with Crippen molar-refractivity contribution in [3.63, 3.8) is 0 Å². The van der Waals surface area contributed by atoms with Gasteiger partial charge in [-0.3, -0.25) is 30.7 Å². The van der Waals surface area contributed by atoms with Crippen molar-refractivity contribution in [3.8, 4) is 0 Å².